The maximum atomic E-state index is 13.4. The number of carbonyl (C=O) groups is 2. The number of ether oxygens (including phenoxy) is 1. The van der Waals surface area contributed by atoms with Gasteiger partial charge in [0, 0.05) is 11.9 Å². The number of phenols is 1. The van der Waals surface area contributed by atoms with Crippen molar-refractivity contribution < 1.29 is 23.8 Å². The molecular weight excluding hydrogens is 400 g/mol. The smallest absolute Gasteiger partial charge is 0.360 e. The number of rotatable bonds is 4. The average Bonchev–Trinajstić information content (AvgIpc) is 2.78. The van der Waals surface area contributed by atoms with Crippen LogP contribution in [0.15, 0.2) is 27.4 Å². The second kappa shape index (κ2) is 8.70. The zero-order valence-corrected chi connectivity index (χ0v) is 17.9. The summed E-state index contributed by atoms with van der Waals surface area (Å²) in [4.78, 5) is 41.7. The lowest BCUT2D eigenvalue weighted by Gasteiger charge is -2.37. The van der Waals surface area contributed by atoms with Crippen molar-refractivity contribution >= 4 is 28.5 Å². The van der Waals surface area contributed by atoms with Crippen molar-refractivity contribution in [3.8, 4) is 5.75 Å². The second-order valence-electron chi connectivity index (χ2n) is 8.23. The first-order valence-corrected chi connectivity index (χ1v) is 10.9. The highest BCUT2D eigenvalue weighted by Gasteiger charge is 2.35. The highest BCUT2D eigenvalue weighted by molar-refractivity contribution is 6.00. The third kappa shape index (κ3) is 4.04. The highest BCUT2D eigenvalue weighted by Crippen LogP contribution is 2.33. The van der Waals surface area contributed by atoms with Crippen LogP contribution in [0, 0.1) is 5.92 Å². The van der Waals surface area contributed by atoms with Gasteiger partial charge in [0.05, 0.1) is 18.6 Å². The Bertz CT molecular complexity index is 1050. The van der Waals surface area contributed by atoms with Crippen molar-refractivity contribution in [2.75, 3.05) is 31.1 Å². The summed E-state index contributed by atoms with van der Waals surface area (Å²) in [6.45, 7) is 5.71. The van der Waals surface area contributed by atoms with E-state index in [-0.39, 0.29) is 29.2 Å². The number of hydrogen-bond acceptors (Lipinski definition) is 7. The number of anilines is 1. The highest BCUT2D eigenvalue weighted by atomic mass is 16.5. The first-order valence-electron chi connectivity index (χ1n) is 10.9. The molecule has 0 spiro atoms. The van der Waals surface area contributed by atoms with Gasteiger partial charge in [0.25, 0.3) is 0 Å². The summed E-state index contributed by atoms with van der Waals surface area (Å²) >= 11 is 0. The van der Waals surface area contributed by atoms with E-state index >= 15 is 0 Å². The number of esters is 1. The van der Waals surface area contributed by atoms with Gasteiger partial charge < -0.3 is 19.2 Å². The largest absolute Gasteiger partial charge is 0.508 e. The molecule has 1 saturated heterocycles. The molecule has 0 aliphatic carbocycles. The Labute approximate surface area is 180 Å². The molecule has 31 heavy (non-hydrogen) atoms. The van der Waals surface area contributed by atoms with Gasteiger partial charge in [-0.15, -0.1) is 0 Å². The van der Waals surface area contributed by atoms with Crippen molar-refractivity contribution in [1.29, 1.82) is 0 Å². The summed E-state index contributed by atoms with van der Waals surface area (Å²) in [6.07, 6.45) is 2.67. The van der Waals surface area contributed by atoms with Crippen molar-refractivity contribution in [2.45, 2.75) is 45.6 Å². The maximum absolute atomic E-state index is 13.4. The van der Waals surface area contributed by atoms with Crippen LogP contribution in [0.5, 0.6) is 5.75 Å². The van der Waals surface area contributed by atoms with Gasteiger partial charge >= 0.3 is 11.6 Å². The first kappa shape index (κ1) is 21.4. The molecule has 1 amide bonds. The molecule has 1 unspecified atom stereocenters. The van der Waals surface area contributed by atoms with E-state index in [0.717, 1.165) is 12.0 Å². The van der Waals surface area contributed by atoms with Gasteiger partial charge in [-0.3, -0.25) is 14.5 Å². The lowest BCUT2D eigenvalue weighted by Crippen LogP contribution is -2.52. The van der Waals surface area contributed by atoms with Crippen LogP contribution >= 0.6 is 0 Å². The number of aromatic hydroxyl groups is 1. The lowest BCUT2D eigenvalue weighted by atomic mass is 9.95. The molecule has 166 valence electrons. The predicted octanol–water partition coefficient (Wildman–Crippen LogP) is 2.44. The Kier molecular flexibility index (Phi) is 6.00. The molecule has 0 bridgehead atoms. The van der Waals surface area contributed by atoms with E-state index in [1.807, 2.05) is 6.92 Å². The lowest BCUT2D eigenvalue weighted by molar-refractivity contribution is -0.149. The summed E-state index contributed by atoms with van der Waals surface area (Å²) < 4.78 is 10.6. The minimum Gasteiger partial charge on any atom is -0.508 e. The molecule has 8 heteroatoms. The number of aryl methyl sites for hydroxylation is 1. The van der Waals surface area contributed by atoms with E-state index in [2.05, 4.69) is 4.90 Å². The van der Waals surface area contributed by atoms with Gasteiger partial charge in [0.15, 0.2) is 0 Å². The quantitative estimate of drug-likeness (QED) is 0.590. The van der Waals surface area contributed by atoms with E-state index in [9.17, 15) is 19.5 Å². The van der Waals surface area contributed by atoms with Gasteiger partial charge in [-0.05, 0) is 76.4 Å². The fourth-order valence-corrected chi connectivity index (χ4v) is 4.68. The van der Waals surface area contributed by atoms with E-state index in [0.29, 0.717) is 56.5 Å². The normalized spacial score (nSPS) is 18.6. The Hall–Kier alpha value is -2.87. The molecule has 0 radical (unpaired) electrons. The van der Waals surface area contributed by atoms with Crippen molar-refractivity contribution in [3.63, 3.8) is 0 Å². The van der Waals surface area contributed by atoms with Crippen LogP contribution in [0.3, 0.4) is 0 Å². The van der Waals surface area contributed by atoms with Crippen LogP contribution in [-0.4, -0.2) is 54.2 Å². The van der Waals surface area contributed by atoms with Crippen LogP contribution in [0.4, 0.5) is 5.69 Å². The number of amides is 1. The summed E-state index contributed by atoms with van der Waals surface area (Å²) in [5.74, 6) is -0.355. The molecule has 2 aliphatic heterocycles. The molecule has 4 rings (SSSR count). The van der Waals surface area contributed by atoms with Gasteiger partial charge in [-0.1, -0.05) is 0 Å². The standard InChI is InChI=1S/C23H28N2O6/c1-3-30-22(28)15-8-11-24(12-9-15)14(2)21(27)25-10-4-5-17-18-13-16(26)6-7-19(18)31-23(29)20(17)25/h6-7,13-15,26H,3-5,8-12H2,1-2H3. The number of likely N-dealkylation sites (tertiary alicyclic amines) is 1. The number of benzene rings is 1. The Balaban J connectivity index is 1.56. The Morgan fingerprint density at radius 3 is 2.71 bits per heavy atom. The van der Waals surface area contributed by atoms with Gasteiger partial charge in [0.2, 0.25) is 5.91 Å². The minimum atomic E-state index is -0.533. The van der Waals surface area contributed by atoms with Crippen LogP contribution in [0.25, 0.3) is 11.0 Å². The monoisotopic (exact) mass is 428 g/mol. The SMILES string of the molecule is CCOC(=O)C1CCN(C(C)C(=O)N2CCCc3c2c(=O)oc2ccc(O)cc32)CC1. The van der Waals surface area contributed by atoms with Crippen LogP contribution in [-0.2, 0) is 20.7 Å². The summed E-state index contributed by atoms with van der Waals surface area (Å²) in [6, 6.07) is 4.21. The zero-order valence-electron chi connectivity index (χ0n) is 17.9. The molecule has 1 N–H and O–H groups in total. The summed E-state index contributed by atoms with van der Waals surface area (Å²) in [5.41, 5.74) is 0.900. The topological polar surface area (TPSA) is 100 Å². The molecular formula is C23H28N2O6. The number of nitrogens with zero attached hydrogens (tertiary/aromatic N) is 2. The predicted molar refractivity (Wildman–Crippen MR) is 115 cm³/mol. The van der Waals surface area contributed by atoms with E-state index in [1.165, 1.54) is 11.0 Å². The number of hydrogen-bond donors (Lipinski definition) is 1. The molecule has 8 nitrogen and oxygen atoms in total. The number of piperidine rings is 1. The number of carbonyl (C=O) groups excluding carboxylic acids is 2. The van der Waals surface area contributed by atoms with Crippen LogP contribution < -0.4 is 10.5 Å². The van der Waals surface area contributed by atoms with E-state index in [4.69, 9.17) is 9.15 Å². The molecule has 2 aliphatic rings. The third-order valence-electron chi connectivity index (χ3n) is 6.37. The fourth-order valence-electron chi connectivity index (χ4n) is 4.68. The van der Waals surface area contributed by atoms with Crippen molar-refractivity contribution in [1.82, 2.24) is 4.90 Å². The molecule has 2 aromatic rings. The zero-order chi connectivity index (χ0) is 22.1. The van der Waals surface area contributed by atoms with Crippen LogP contribution in [0.2, 0.25) is 0 Å². The Morgan fingerprint density at radius 1 is 1.26 bits per heavy atom. The van der Waals surface area contributed by atoms with Crippen LogP contribution in [0.1, 0.15) is 38.7 Å². The summed E-state index contributed by atoms with van der Waals surface area (Å²) in [7, 11) is 0. The van der Waals surface area contributed by atoms with E-state index in [1.54, 1.807) is 19.1 Å². The van der Waals surface area contributed by atoms with Gasteiger partial charge in [0.1, 0.15) is 17.0 Å². The molecule has 1 aromatic heterocycles. The fraction of sp³-hybridized carbons (Fsp3) is 0.522. The average molecular weight is 428 g/mol. The Morgan fingerprint density at radius 2 is 2.00 bits per heavy atom. The first-order chi connectivity index (χ1) is 14.9. The molecule has 1 atom stereocenters. The molecule has 1 aromatic carbocycles. The minimum absolute atomic E-state index is 0.0878. The van der Waals surface area contributed by atoms with Gasteiger partial charge in [-0.2, -0.15) is 0 Å². The third-order valence-corrected chi connectivity index (χ3v) is 6.37. The van der Waals surface area contributed by atoms with E-state index < -0.39 is 11.7 Å². The van der Waals surface area contributed by atoms with Gasteiger partial charge in [-0.25, -0.2) is 4.79 Å². The van der Waals surface area contributed by atoms with Crippen molar-refractivity contribution in [2.24, 2.45) is 5.92 Å². The number of phenolic OH excluding ortho intramolecular Hbond substituents is 1. The number of fused-ring (bicyclic) bond motifs is 3. The maximum Gasteiger partial charge on any atom is 0.360 e. The molecule has 3 heterocycles. The second-order valence-corrected chi connectivity index (χ2v) is 8.23. The molecule has 1 fully saturated rings. The summed E-state index contributed by atoms with van der Waals surface area (Å²) in [5, 5.41) is 10.6. The van der Waals surface area contributed by atoms with Crippen molar-refractivity contribution in [3.05, 3.63) is 34.2 Å². The molecule has 0 saturated carbocycles.